The molecule has 0 bridgehead atoms. The van der Waals surface area contributed by atoms with Crippen LogP contribution in [0.5, 0.6) is 0 Å². The molecule has 0 radical (unpaired) electrons. The summed E-state index contributed by atoms with van der Waals surface area (Å²) in [4.78, 5) is 15.2. The first-order chi connectivity index (χ1) is 6.15. The standard InChI is InChI=1S/C9H16N2O2/c1-4-13-9(12)7-8-10(2)5-6-11(8)3/h7H,4-6H2,1-3H3. The van der Waals surface area contributed by atoms with Crippen LogP contribution in [0.15, 0.2) is 11.9 Å². The molecule has 1 fully saturated rings. The molecular formula is C9H16N2O2. The number of carbonyl (C=O) groups is 1. The Balaban J connectivity index is 2.62. The molecule has 74 valence electrons. The molecule has 1 aliphatic rings. The lowest BCUT2D eigenvalue weighted by atomic mass is 10.5. The quantitative estimate of drug-likeness (QED) is 0.455. The molecule has 0 amide bonds. The predicted octanol–water partition coefficient (Wildman–Crippen LogP) is 0.268. The number of carbonyl (C=O) groups excluding carboxylic acids is 1. The van der Waals surface area contributed by atoms with E-state index in [0.717, 1.165) is 18.9 Å². The highest BCUT2D eigenvalue weighted by Gasteiger charge is 2.18. The van der Waals surface area contributed by atoms with Crippen molar-refractivity contribution >= 4 is 5.97 Å². The zero-order valence-electron chi connectivity index (χ0n) is 8.41. The molecule has 0 saturated carbocycles. The summed E-state index contributed by atoms with van der Waals surface area (Å²) in [6.07, 6.45) is 1.54. The number of esters is 1. The summed E-state index contributed by atoms with van der Waals surface area (Å²) >= 11 is 0. The van der Waals surface area contributed by atoms with E-state index >= 15 is 0 Å². The van der Waals surface area contributed by atoms with E-state index in [2.05, 4.69) is 0 Å². The molecule has 0 aromatic heterocycles. The van der Waals surface area contributed by atoms with Crippen molar-refractivity contribution in [1.29, 1.82) is 0 Å². The fourth-order valence-corrected chi connectivity index (χ4v) is 1.33. The van der Waals surface area contributed by atoms with Crippen molar-refractivity contribution in [2.75, 3.05) is 33.8 Å². The summed E-state index contributed by atoms with van der Waals surface area (Å²) in [5, 5.41) is 0. The van der Waals surface area contributed by atoms with Crippen LogP contribution in [-0.2, 0) is 9.53 Å². The van der Waals surface area contributed by atoms with Gasteiger partial charge in [-0.25, -0.2) is 4.79 Å². The number of rotatable bonds is 2. The van der Waals surface area contributed by atoms with E-state index in [1.54, 1.807) is 6.92 Å². The van der Waals surface area contributed by atoms with Gasteiger partial charge in [0.05, 0.1) is 12.7 Å². The van der Waals surface area contributed by atoms with Gasteiger partial charge in [-0.1, -0.05) is 0 Å². The number of hydrogen-bond donors (Lipinski definition) is 0. The smallest absolute Gasteiger partial charge is 0.334 e. The highest BCUT2D eigenvalue weighted by molar-refractivity contribution is 5.82. The first-order valence-corrected chi connectivity index (χ1v) is 4.46. The second-order valence-electron chi connectivity index (χ2n) is 3.10. The van der Waals surface area contributed by atoms with Crippen LogP contribution in [0.1, 0.15) is 6.92 Å². The summed E-state index contributed by atoms with van der Waals surface area (Å²) in [5.74, 6) is 0.663. The third kappa shape index (κ3) is 2.37. The van der Waals surface area contributed by atoms with Gasteiger partial charge in [-0.3, -0.25) is 0 Å². The Morgan fingerprint density at radius 3 is 2.46 bits per heavy atom. The number of hydrogen-bond acceptors (Lipinski definition) is 4. The molecule has 1 heterocycles. The average molecular weight is 184 g/mol. The van der Waals surface area contributed by atoms with Crippen LogP contribution in [0.4, 0.5) is 0 Å². The lowest BCUT2D eigenvalue weighted by Gasteiger charge is -2.16. The summed E-state index contributed by atoms with van der Waals surface area (Å²) in [5.41, 5.74) is 0. The van der Waals surface area contributed by atoms with Gasteiger partial charge in [-0.2, -0.15) is 0 Å². The second kappa shape index (κ2) is 4.16. The monoisotopic (exact) mass is 184 g/mol. The summed E-state index contributed by atoms with van der Waals surface area (Å²) in [6.45, 7) is 4.15. The van der Waals surface area contributed by atoms with Gasteiger partial charge in [0.15, 0.2) is 0 Å². The number of likely N-dealkylation sites (N-methyl/N-ethyl adjacent to an activating group) is 2. The van der Waals surface area contributed by atoms with Crippen LogP contribution in [0.3, 0.4) is 0 Å². The molecule has 0 unspecified atom stereocenters. The van der Waals surface area contributed by atoms with Crippen molar-refractivity contribution in [2.24, 2.45) is 0 Å². The third-order valence-electron chi connectivity index (χ3n) is 2.09. The van der Waals surface area contributed by atoms with Gasteiger partial charge >= 0.3 is 5.97 Å². The summed E-state index contributed by atoms with van der Waals surface area (Å²) in [6, 6.07) is 0. The molecule has 1 aliphatic heterocycles. The first kappa shape index (κ1) is 9.89. The van der Waals surface area contributed by atoms with Crippen LogP contribution in [0, 0.1) is 0 Å². The summed E-state index contributed by atoms with van der Waals surface area (Å²) < 4.78 is 4.83. The minimum Gasteiger partial charge on any atom is -0.463 e. The third-order valence-corrected chi connectivity index (χ3v) is 2.09. The van der Waals surface area contributed by atoms with Gasteiger partial charge in [-0.15, -0.1) is 0 Å². The van der Waals surface area contributed by atoms with Gasteiger partial charge in [0.25, 0.3) is 0 Å². The lowest BCUT2D eigenvalue weighted by Crippen LogP contribution is -2.18. The largest absolute Gasteiger partial charge is 0.463 e. The normalized spacial score (nSPS) is 16.4. The van der Waals surface area contributed by atoms with Crippen molar-refractivity contribution in [2.45, 2.75) is 6.92 Å². The fourth-order valence-electron chi connectivity index (χ4n) is 1.33. The molecule has 4 nitrogen and oxygen atoms in total. The molecule has 1 rings (SSSR count). The Hall–Kier alpha value is -1.19. The van der Waals surface area contributed by atoms with Crippen molar-refractivity contribution < 1.29 is 9.53 Å². The maximum absolute atomic E-state index is 11.1. The van der Waals surface area contributed by atoms with Crippen molar-refractivity contribution in [3.05, 3.63) is 11.9 Å². The van der Waals surface area contributed by atoms with E-state index < -0.39 is 0 Å². The Bertz CT molecular complexity index is 214. The van der Waals surface area contributed by atoms with E-state index in [1.807, 2.05) is 23.9 Å². The van der Waals surface area contributed by atoms with E-state index in [4.69, 9.17) is 4.74 Å². The molecule has 0 spiro atoms. The number of nitrogens with zero attached hydrogens (tertiary/aromatic N) is 2. The van der Waals surface area contributed by atoms with E-state index in [9.17, 15) is 4.79 Å². The second-order valence-corrected chi connectivity index (χ2v) is 3.10. The van der Waals surface area contributed by atoms with Crippen LogP contribution < -0.4 is 0 Å². The van der Waals surface area contributed by atoms with Crippen LogP contribution in [-0.4, -0.2) is 49.6 Å². The minimum atomic E-state index is -0.266. The van der Waals surface area contributed by atoms with Gasteiger partial charge in [-0.05, 0) is 6.92 Å². The molecule has 0 atom stereocenters. The molecule has 0 aromatic rings. The summed E-state index contributed by atoms with van der Waals surface area (Å²) in [7, 11) is 3.93. The molecule has 0 N–H and O–H groups in total. The predicted molar refractivity (Wildman–Crippen MR) is 50.0 cm³/mol. The topological polar surface area (TPSA) is 32.8 Å². The van der Waals surface area contributed by atoms with Crippen LogP contribution in [0.25, 0.3) is 0 Å². The molecular weight excluding hydrogens is 168 g/mol. The van der Waals surface area contributed by atoms with E-state index in [1.165, 1.54) is 6.08 Å². The van der Waals surface area contributed by atoms with E-state index in [0.29, 0.717) is 6.61 Å². The first-order valence-electron chi connectivity index (χ1n) is 4.46. The van der Waals surface area contributed by atoms with Gasteiger partial charge < -0.3 is 14.5 Å². The van der Waals surface area contributed by atoms with Gasteiger partial charge in [0.1, 0.15) is 5.82 Å². The lowest BCUT2D eigenvalue weighted by molar-refractivity contribution is -0.137. The van der Waals surface area contributed by atoms with Crippen molar-refractivity contribution in [1.82, 2.24) is 9.80 Å². The number of ether oxygens (including phenoxy) is 1. The fraction of sp³-hybridized carbons (Fsp3) is 0.667. The van der Waals surface area contributed by atoms with Gasteiger partial charge in [0.2, 0.25) is 0 Å². The zero-order valence-corrected chi connectivity index (χ0v) is 8.41. The van der Waals surface area contributed by atoms with Crippen LogP contribution >= 0.6 is 0 Å². The molecule has 13 heavy (non-hydrogen) atoms. The molecule has 1 saturated heterocycles. The zero-order chi connectivity index (χ0) is 9.84. The van der Waals surface area contributed by atoms with Crippen molar-refractivity contribution in [3.63, 3.8) is 0 Å². The molecule has 4 heteroatoms. The highest BCUT2D eigenvalue weighted by atomic mass is 16.5. The Kier molecular flexibility index (Phi) is 3.17. The van der Waals surface area contributed by atoms with Gasteiger partial charge in [0, 0.05) is 27.2 Å². The SMILES string of the molecule is CCOC(=O)C=C1N(C)CCN1C. The Morgan fingerprint density at radius 1 is 1.46 bits per heavy atom. The Morgan fingerprint density at radius 2 is 2.00 bits per heavy atom. The van der Waals surface area contributed by atoms with E-state index in [-0.39, 0.29) is 5.97 Å². The maximum Gasteiger partial charge on any atom is 0.334 e. The minimum absolute atomic E-state index is 0.266. The maximum atomic E-state index is 11.1. The Labute approximate surface area is 78.8 Å². The van der Waals surface area contributed by atoms with Crippen LogP contribution in [0.2, 0.25) is 0 Å². The average Bonchev–Trinajstić information content (AvgIpc) is 2.36. The highest BCUT2D eigenvalue weighted by Crippen LogP contribution is 2.13. The molecule has 0 aromatic carbocycles. The van der Waals surface area contributed by atoms with Crippen molar-refractivity contribution in [3.8, 4) is 0 Å². The molecule has 0 aliphatic carbocycles.